The number of aromatic hydroxyl groups is 1. The van der Waals surface area contributed by atoms with Gasteiger partial charge in [0.15, 0.2) is 0 Å². The summed E-state index contributed by atoms with van der Waals surface area (Å²) in [4.78, 5) is 11.3. The summed E-state index contributed by atoms with van der Waals surface area (Å²) < 4.78 is 27.4. The van der Waals surface area contributed by atoms with Crippen LogP contribution in [0.2, 0.25) is 0 Å². The number of benzene rings is 2. The van der Waals surface area contributed by atoms with Gasteiger partial charge in [0.25, 0.3) is 0 Å². The molecule has 0 saturated carbocycles. The maximum Gasteiger partial charge on any atom is 0.318 e. The van der Waals surface area contributed by atoms with Crippen LogP contribution < -0.4 is 15.4 Å². The van der Waals surface area contributed by atoms with E-state index in [-0.39, 0.29) is 10.6 Å². The second kappa shape index (κ2) is 6.29. The molecule has 24 heavy (non-hydrogen) atoms. The summed E-state index contributed by atoms with van der Waals surface area (Å²) in [5.74, 6) is -0.357. The molecule has 4 N–H and O–H groups in total. The zero-order valence-electron chi connectivity index (χ0n) is 14.0. The number of carbonyl (C=O) groups excluding carboxylic acids is 1. The Morgan fingerprint density at radius 3 is 2.33 bits per heavy atom. The van der Waals surface area contributed by atoms with Gasteiger partial charge in [0.1, 0.15) is 10.6 Å². The summed E-state index contributed by atoms with van der Waals surface area (Å²) in [6.45, 7) is 5.15. The van der Waals surface area contributed by atoms with E-state index in [9.17, 15) is 18.3 Å². The Balaban J connectivity index is 2.58. The van der Waals surface area contributed by atoms with Crippen molar-refractivity contribution < 1.29 is 18.3 Å². The van der Waals surface area contributed by atoms with E-state index in [0.717, 1.165) is 0 Å². The Labute approximate surface area is 141 Å². The van der Waals surface area contributed by atoms with Gasteiger partial charge in [-0.15, -0.1) is 0 Å². The fourth-order valence-corrected chi connectivity index (χ4v) is 3.82. The molecule has 0 aliphatic rings. The van der Waals surface area contributed by atoms with Gasteiger partial charge in [0.05, 0.1) is 5.69 Å². The predicted octanol–water partition coefficient (Wildman–Crippen LogP) is 2.37. The molecule has 0 saturated heterocycles. The number of fused-ring (bicyclic) bond motifs is 1. The van der Waals surface area contributed by atoms with Crippen LogP contribution in [0.25, 0.3) is 10.8 Å². The molecule has 2 amide bonds. The van der Waals surface area contributed by atoms with E-state index in [1.165, 1.54) is 13.1 Å². The molecular formula is C16H21N3O4S. The molecule has 0 fully saturated rings. The van der Waals surface area contributed by atoms with Gasteiger partial charge >= 0.3 is 6.03 Å². The van der Waals surface area contributed by atoms with Crippen molar-refractivity contribution in [2.24, 2.45) is 0 Å². The van der Waals surface area contributed by atoms with Gasteiger partial charge in [0.2, 0.25) is 10.0 Å². The van der Waals surface area contributed by atoms with E-state index < -0.39 is 21.6 Å². The fourth-order valence-electron chi connectivity index (χ4n) is 2.29. The van der Waals surface area contributed by atoms with Crippen LogP contribution in [0.4, 0.5) is 10.5 Å². The zero-order valence-corrected chi connectivity index (χ0v) is 14.8. The summed E-state index contributed by atoms with van der Waals surface area (Å²) in [6, 6.07) is 7.35. The largest absolute Gasteiger partial charge is 0.506 e. The summed E-state index contributed by atoms with van der Waals surface area (Å²) in [6.07, 6.45) is 0. The fraction of sp³-hybridized carbons (Fsp3) is 0.312. The van der Waals surface area contributed by atoms with E-state index >= 15 is 0 Å². The molecular weight excluding hydrogens is 330 g/mol. The number of anilines is 1. The van der Waals surface area contributed by atoms with Gasteiger partial charge in [-0.1, -0.05) is 18.2 Å². The molecule has 2 aromatic rings. The van der Waals surface area contributed by atoms with Crippen LogP contribution in [-0.2, 0) is 10.0 Å². The number of phenols is 1. The topological polar surface area (TPSA) is 108 Å². The number of hydrogen-bond acceptors (Lipinski definition) is 4. The Morgan fingerprint density at radius 1 is 1.08 bits per heavy atom. The monoisotopic (exact) mass is 351 g/mol. The van der Waals surface area contributed by atoms with Crippen molar-refractivity contribution in [3.63, 3.8) is 0 Å². The van der Waals surface area contributed by atoms with Gasteiger partial charge in [-0.05, 0) is 32.9 Å². The molecule has 8 heteroatoms. The molecule has 7 nitrogen and oxygen atoms in total. The Morgan fingerprint density at radius 2 is 1.75 bits per heavy atom. The lowest BCUT2D eigenvalue weighted by molar-refractivity contribution is 0.254. The van der Waals surface area contributed by atoms with Crippen LogP contribution in [-0.4, -0.2) is 32.1 Å². The summed E-state index contributed by atoms with van der Waals surface area (Å²) in [7, 11) is -2.39. The number of urea groups is 1. The van der Waals surface area contributed by atoms with E-state index in [2.05, 4.69) is 15.4 Å². The van der Waals surface area contributed by atoms with Crippen molar-refractivity contribution in [3.8, 4) is 5.75 Å². The number of amides is 2. The van der Waals surface area contributed by atoms with E-state index in [1.54, 1.807) is 45.0 Å². The SMILES string of the molecule is CNC(=O)Nc1cccc2c(O)c(S(=O)(=O)NC(C)(C)C)ccc12. The third-order valence-electron chi connectivity index (χ3n) is 3.20. The molecule has 130 valence electrons. The minimum Gasteiger partial charge on any atom is -0.506 e. The molecule has 2 aromatic carbocycles. The Hall–Kier alpha value is -2.32. The van der Waals surface area contributed by atoms with Gasteiger partial charge in [-0.2, -0.15) is 0 Å². The van der Waals surface area contributed by atoms with Crippen molar-refractivity contribution in [2.45, 2.75) is 31.2 Å². The van der Waals surface area contributed by atoms with Gasteiger partial charge in [0, 0.05) is 23.4 Å². The van der Waals surface area contributed by atoms with Gasteiger partial charge in [-0.25, -0.2) is 17.9 Å². The number of hydrogen-bond donors (Lipinski definition) is 4. The highest BCUT2D eigenvalue weighted by Gasteiger charge is 2.26. The van der Waals surface area contributed by atoms with Crippen LogP contribution in [0.15, 0.2) is 35.2 Å². The van der Waals surface area contributed by atoms with Crippen molar-refractivity contribution in [2.75, 3.05) is 12.4 Å². The first-order valence-electron chi connectivity index (χ1n) is 7.32. The smallest absolute Gasteiger partial charge is 0.318 e. The third-order valence-corrected chi connectivity index (χ3v) is 4.99. The number of phenolic OH excluding ortho intramolecular Hbond substituents is 1. The maximum atomic E-state index is 12.5. The van der Waals surface area contributed by atoms with Crippen molar-refractivity contribution in [1.82, 2.24) is 10.0 Å². The lowest BCUT2D eigenvalue weighted by Gasteiger charge is -2.21. The molecule has 0 atom stereocenters. The van der Waals surface area contributed by atoms with Crippen LogP contribution in [0.3, 0.4) is 0 Å². The summed E-state index contributed by atoms with van der Waals surface area (Å²) in [5.41, 5.74) is -0.210. The molecule has 0 aliphatic heterocycles. The number of nitrogens with one attached hydrogen (secondary N) is 3. The first-order chi connectivity index (χ1) is 11.0. The summed E-state index contributed by atoms with van der Waals surface area (Å²) >= 11 is 0. The van der Waals surface area contributed by atoms with E-state index in [4.69, 9.17) is 0 Å². The van der Waals surface area contributed by atoms with E-state index in [1.807, 2.05) is 0 Å². The number of rotatable bonds is 3. The molecule has 0 bridgehead atoms. The van der Waals surface area contributed by atoms with Crippen LogP contribution in [0, 0.1) is 0 Å². The highest BCUT2D eigenvalue weighted by atomic mass is 32.2. The highest BCUT2D eigenvalue weighted by molar-refractivity contribution is 7.89. The Kier molecular flexibility index (Phi) is 4.73. The van der Waals surface area contributed by atoms with Gasteiger partial charge < -0.3 is 15.7 Å². The second-order valence-corrected chi connectivity index (χ2v) is 8.02. The second-order valence-electron chi connectivity index (χ2n) is 6.37. The molecule has 0 spiro atoms. The molecule has 0 heterocycles. The van der Waals surface area contributed by atoms with Crippen molar-refractivity contribution >= 4 is 32.5 Å². The average molecular weight is 351 g/mol. The highest BCUT2D eigenvalue weighted by Crippen LogP contribution is 2.35. The average Bonchev–Trinajstić information content (AvgIpc) is 2.45. The van der Waals surface area contributed by atoms with Gasteiger partial charge in [-0.3, -0.25) is 0 Å². The maximum absolute atomic E-state index is 12.5. The molecule has 0 aliphatic carbocycles. The minimum absolute atomic E-state index is 0.206. The summed E-state index contributed by atoms with van der Waals surface area (Å²) in [5, 5.41) is 16.4. The predicted molar refractivity (Wildman–Crippen MR) is 93.8 cm³/mol. The molecule has 0 unspecified atom stereocenters. The molecule has 2 rings (SSSR count). The quantitative estimate of drug-likeness (QED) is 0.681. The lowest BCUT2D eigenvalue weighted by atomic mass is 10.1. The van der Waals surface area contributed by atoms with E-state index in [0.29, 0.717) is 16.5 Å². The van der Waals surface area contributed by atoms with Crippen molar-refractivity contribution in [3.05, 3.63) is 30.3 Å². The third kappa shape index (κ3) is 3.77. The zero-order chi connectivity index (χ0) is 18.1. The van der Waals surface area contributed by atoms with Crippen LogP contribution in [0.5, 0.6) is 5.75 Å². The van der Waals surface area contributed by atoms with Crippen LogP contribution in [0.1, 0.15) is 20.8 Å². The first kappa shape index (κ1) is 18.0. The standard InChI is InChI=1S/C16H21N3O4S/c1-16(2,3)19-24(22,23)13-9-8-10-11(14(13)20)6-5-7-12(10)18-15(21)17-4/h5-9,19-20H,1-4H3,(H2,17,18,21). The number of sulfonamides is 1. The minimum atomic E-state index is -3.88. The molecule has 0 radical (unpaired) electrons. The normalized spacial score (nSPS) is 12.2. The number of carbonyl (C=O) groups is 1. The lowest BCUT2D eigenvalue weighted by Crippen LogP contribution is -2.40. The first-order valence-corrected chi connectivity index (χ1v) is 8.81. The van der Waals surface area contributed by atoms with Crippen molar-refractivity contribution in [1.29, 1.82) is 0 Å². The molecule has 0 aromatic heterocycles. The Bertz CT molecular complexity index is 886. The van der Waals surface area contributed by atoms with Crippen LogP contribution >= 0.6 is 0 Å².